The molecule has 5 heteroatoms. The predicted octanol–water partition coefficient (Wildman–Crippen LogP) is 4.34. The first-order valence-electron chi connectivity index (χ1n) is 5.95. The topological polar surface area (TPSA) is 38.7 Å². The minimum atomic E-state index is -0.103. The largest absolute Gasteiger partial charge is 0.496 e. The molecular weight excluding hydrogens is 290 g/mol. The van der Waals surface area contributed by atoms with Crippen LogP contribution in [0.2, 0.25) is 0 Å². The second-order valence-electron chi connectivity index (χ2n) is 4.20. The van der Waals surface area contributed by atoms with Gasteiger partial charge in [0.1, 0.15) is 10.8 Å². The molecule has 0 unspecified atom stereocenters. The van der Waals surface area contributed by atoms with Crippen molar-refractivity contribution in [3.63, 3.8) is 0 Å². The molecule has 1 aromatic heterocycles. The second-order valence-corrected chi connectivity index (χ2v) is 5.58. The van der Waals surface area contributed by atoms with Gasteiger partial charge in [0.15, 0.2) is 5.78 Å². The Morgan fingerprint density at radius 1 is 1.35 bits per heavy atom. The van der Waals surface area contributed by atoms with Crippen molar-refractivity contribution in [1.82, 2.24) is 0 Å². The van der Waals surface area contributed by atoms with Crippen molar-refractivity contribution < 1.29 is 9.53 Å². The molecule has 0 atom stereocenters. The van der Waals surface area contributed by atoms with Crippen LogP contribution in [0.4, 0.5) is 5.00 Å². The fourth-order valence-electron chi connectivity index (χ4n) is 1.96. The molecule has 0 aliphatic heterocycles. The molecule has 0 bridgehead atoms. The lowest BCUT2D eigenvalue weighted by Gasteiger charge is -2.07. The van der Waals surface area contributed by atoms with Crippen molar-refractivity contribution in [2.75, 3.05) is 7.11 Å². The van der Waals surface area contributed by atoms with Gasteiger partial charge in [-0.15, -0.1) is 11.3 Å². The van der Waals surface area contributed by atoms with E-state index in [1.165, 1.54) is 11.3 Å². The molecule has 20 heavy (non-hydrogen) atoms. The maximum atomic E-state index is 12.8. The molecule has 3 nitrogen and oxygen atoms in total. The zero-order chi connectivity index (χ0) is 14.7. The standard InChI is InChI=1S/C15H13NO2S2/c1-9-10(2)20-15(16-8-19)13(9)14(17)11-6-4-5-7-12(11)18-3/h4-7H,1-3H3. The first-order chi connectivity index (χ1) is 9.60. The van der Waals surface area contributed by atoms with Crippen LogP contribution in [0.5, 0.6) is 5.75 Å². The SMILES string of the molecule is COc1ccccc1C(=O)c1c(N=C=S)sc(C)c1C. The van der Waals surface area contributed by atoms with E-state index in [0.717, 1.165) is 10.4 Å². The number of thiocarbonyl (C=S) groups is 1. The number of ketones is 1. The smallest absolute Gasteiger partial charge is 0.200 e. The highest BCUT2D eigenvalue weighted by molar-refractivity contribution is 7.78. The number of carbonyl (C=O) groups excluding carboxylic acids is 1. The molecule has 1 aromatic carbocycles. The molecule has 0 amide bonds. The molecular formula is C15H13NO2S2. The van der Waals surface area contributed by atoms with Crippen LogP contribution in [-0.4, -0.2) is 18.1 Å². The normalized spacial score (nSPS) is 9.95. The van der Waals surface area contributed by atoms with Crippen molar-refractivity contribution in [3.8, 4) is 5.75 Å². The summed E-state index contributed by atoms with van der Waals surface area (Å²) in [4.78, 5) is 17.8. The molecule has 0 aliphatic carbocycles. The summed E-state index contributed by atoms with van der Waals surface area (Å²) in [5, 5.41) is 2.94. The third kappa shape index (κ3) is 2.56. The minimum absolute atomic E-state index is 0.103. The fourth-order valence-corrected chi connectivity index (χ4v) is 3.10. The van der Waals surface area contributed by atoms with Crippen LogP contribution in [0.15, 0.2) is 29.3 Å². The van der Waals surface area contributed by atoms with Gasteiger partial charge in [-0.3, -0.25) is 4.79 Å². The number of carbonyl (C=O) groups is 1. The van der Waals surface area contributed by atoms with Gasteiger partial charge in [-0.2, -0.15) is 4.99 Å². The van der Waals surface area contributed by atoms with Gasteiger partial charge in [-0.05, 0) is 43.8 Å². The van der Waals surface area contributed by atoms with Crippen LogP contribution in [-0.2, 0) is 0 Å². The fraction of sp³-hybridized carbons (Fsp3) is 0.200. The van der Waals surface area contributed by atoms with Crippen LogP contribution in [0, 0.1) is 13.8 Å². The summed E-state index contributed by atoms with van der Waals surface area (Å²) < 4.78 is 5.25. The van der Waals surface area contributed by atoms with E-state index in [1.807, 2.05) is 26.0 Å². The average molecular weight is 303 g/mol. The third-order valence-corrected chi connectivity index (χ3v) is 4.28. The summed E-state index contributed by atoms with van der Waals surface area (Å²) in [7, 11) is 1.55. The molecule has 0 fully saturated rings. The molecule has 2 rings (SSSR count). The number of thiophene rings is 1. The number of nitrogens with zero attached hydrogens (tertiary/aromatic N) is 1. The molecule has 102 valence electrons. The summed E-state index contributed by atoms with van der Waals surface area (Å²) in [6, 6.07) is 7.16. The first-order valence-corrected chi connectivity index (χ1v) is 7.18. The highest BCUT2D eigenvalue weighted by Gasteiger charge is 2.22. The molecule has 0 saturated heterocycles. The zero-order valence-electron chi connectivity index (χ0n) is 11.4. The maximum absolute atomic E-state index is 12.8. The Hall–Kier alpha value is -1.81. The van der Waals surface area contributed by atoms with Crippen molar-refractivity contribution in [2.45, 2.75) is 13.8 Å². The Morgan fingerprint density at radius 2 is 2.05 bits per heavy atom. The summed E-state index contributed by atoms with van der Waals surface area (Å²) in [5.74, 6) is 0.450. The quantitative estimate of drug-likeness (QED) is 0.479. The van der Waals surface area contributed by atoms with Crippen molar-refractivity contribution in [1.29, 1.82) is 0 Å². The van der Waals surface area contributed by atoms with E-state index in [0.29, 0.717) is 21.9 Å². The molecule has 0 radical (unpaired) electrons. The highest BCUT2D eigenvalue weighted by atomic mass is 32.1. The molecule has 0 saturated carbocycles. The summed E-state index contributed by atoms with van der Waals surface area (Å²) in [6.07, 6.45) is 0. The summed E-state index contributed by atoms with van der Waals surface area (Å²) in [5.41, 5.74) is 2.03. The molecule has 1 heterocycles. The van der Waals surface area contributed by atoms with Gasteiger partial charge in [0.2, 0.25) is 0 Å². The third-order valence-electron chi connectivity index (χ3n) is 3.09. The van der Waals surface area contributed by atoms with Gasteiger partial charge in [-0.1, -0.05) is 12.1 Å². The molecule has 0 spiro atoms. The van der Waals surface area contributed by atoms with E-state index in [9.17, 15) is 4.79 Å². The number of ether oxygens (including phenoxy) is 1. The van der Waals surface area contributed by atoms with Crippen LogP contribution < -0.4 is 4.74 Å². The zero-order valence-corrected chi connectivity index (χ0v) is 13.0. The van der Waals surface area contributed by atoms with Gasteiger partial charge in [-0.25, -0.2) is 0 Å². The lowest BCUT2D eigenvalue weighted by atomic mass is 10.0. The molecule has 0 N–H and O–H groups in total. The Balaban J connectivity index is 2.62. The summed E-state index contributed by atoms with van der Waals surface area (Å²) >= 11 is 6.10. The number of benzene rings is 1. The number of aliphatic imine (C=N–C) groups is 1. The van der Waals surface area contributed by atoms with Gasteiger partial charge < -0.3 is 4.74 Å². The number of hydrogen-bond donors (Lipinski definition) is 0. The minimum Gasteiger partial charge on any atom is -0.496 e. The van der Waals surface area contributed by atoms with Gasteiger partial charge >= 0.3 is 0 Å². The Labute approximate surface area is 126 Å². The second kappa shape index (κ2) is 6.09. The Kier molecular flexibility index (Phi) is 4.45. The Morgan fingerprint density at radius 3 is 2.70 bits per heavy atom. The molecule has 2 aromatic rings. The first kappa shape index (κ1) is 14.6. The van der Waals surface area contributed by atoms with Gasteiger partial charge in [0.25, 0.3) is 0 Å². The average Bonchev–Trinajstić information content (AvgIpc) is 2.73. The van der Waals surface area contributed by atoms with Crippen molar-refractivity contribution in [3.05, 3.63) is 45.8 Å². The van der Waals surface area contributed by atoms with E-state index >= 15 is 0 Å². The maximum Gasteiger partial charge on any atom is 0.200 e. The number of rotatable bonds is 4. The summed E-state index contributed by atoms with van der Waals surface area (Å²) in [6.45, 7) is 3.87. The van der Waals surface area contributed by atoms with Crippen LogP contribution >= 0.6 is 23.6 Å². The lowest BCUT2D eigenvalue weighted by Crippen LogP contribution is -2.04. The number of methoxy groups -OCH3 is 1. The number of isothiocyanates is 1. The van der Waals surface area contributed by atoms with E-state index in [-0.39, 0.29) is 5.78 Å². The Bertz CT molecular complexity index is 713. The van der Waals surface area contributed by atoms with Crippen LogP contribution in [0.25, 0.3) is 0 Å². The predicted molar refractivity (Wildman–Crippen MR) is 84.9 cm³/mol. The van der Waals surface area contributed by atoms with E-state index < -0.39 is 0 Å². The van der Waals surface area contributed by atoms with Gasteiger partial charge in [0, 0.05) is 4.88 Å². The van der Waals surface area contributed by atoms with Crippen molar-refractivity contribution >= 4 is 39.5 Å². The van der Waals surface area contributed by atoms with E-state index in [1.54, 1.807) is 19.2 Å². The van der Waals surface area contributed by atoms with Crippen molar-refractivity contribution in [2.24, 2.45) is 4.99 Å². The van der Waals surface area contributed by atoms with Gasteiger partial charge in [0.05, 0.1) is 23.4 Å². The van der Waals surface area contributed by atoms with Crippen LogP contribution in [0.3, 0.4) is 0 Å². The monoisotopic (exact) mass is 303 g/mol. The number of para-hydroxylation sites is 1. The van der Waals surface area contributed by atoms with E-state index in [2.05, 4.69) is 22.4 Å². The number of hydrogen-bond acceptors (Lipinski definition) is 5. The molecule has 0 aliphatic rings. The lowest BCUT2D eigenvalue weighted by molar-refractivity contribution is 0.103. The van der Waals surface area contributed by atoms with E-state index in [4.69, 9.17) is 4.74 Å². The number of aryl methyl sites for hydroxylation is 1. The highest BCUT2D eigenvalue weighted by Crippen LogP contribution is 2.37. The van der Waals surface area contributed by atoms with Crippen LogP contribution in [0.1, 0.15) is 26.4 Å².